The summed E-state index contributed by atoms with van der Waals surface area (Å²) < 4.78 is 11.4. The highest BCUT2D eigenvalue weighted by molar-refractivity contribution is 5.25. The zero-order valence-corrected chi connectivity index (χ0v) is 11.3. The van der Waals surface area contributed by atoms with Crippen LogP contribution < -0.4 is 4.89 Å². The molecule has 1 aliphatic carbocycles. The van der Waals surface area contributed by atoms with Crippen LogP contribution in [0.2, 0.25) is 0 Å². The molecule has 1 aromatic rings. The van der Waals surface area contributed by atoms with Gasteiger partial charge in [-0.3, -0.25) is 0 Å². The van der Waals surface area contributed by atoms with E-state index in [1.807, 2.05) is 31.2 Å². The van der Waals surface area contributed by atoms with Crippen molar-refractivity contribution in [3.05, 3.63) is 29.8 Å². The summed E-state index contributed by atoms with van der Waals surface area (Å²) in [7, 11) is 0. The number of ether oxygens (including phenoxy) is 2. The quantitative estimate of drug-likeness (QED) is 0.621. The van der Waals surface area contributed by atoms with E-state index in [2.05, 4.69) is 0 Å². The van der Waals surface area contributed by atoms with Crippen LogP contribution in [-0.2, 0) is 14.4 Å². The number of rotatable bonds is 3. The van der Waals surface area contributed by atoms with Gasteiger partial charge in [-0.1, -0.05) is 17.7 Å². The summed E-state index contributed by atoms with van der Waals surface area (Å²) in [6.45, 7) is 3.48. The van der Waals surface area contributed by atoms with Crippen molar-refractivity contribution < 1.29 is 19.2 Å². The van der Waals surface area contributed by atoms with Gasteiger partial charge in [-0.2, -0.15) is 4.89 Å². The number of benzene rings is 1. The van der Waals surface area contributed by atoms with Crippen LogP contribution in [0, 0.1) is 6.92 Å². The smallest absolute Gasteiger partial charge is 0.168 e. The molecule has 1 spiro atoms. The molecule has 0 aromatic heterocycles. The second kappa shape index (κ2) is 5.49. The molecule has 0 radical (unpaired) electrons. The minimum absolute atomic E-state index is 0.125. The Bertz CT molecular complexity index is 399. The molecule has 0 atom stereocenters. The Kier molecular flexibility index (Phi) is 3.73. The van der Waals surface area contributed by atoms with Crippen LogP contribution in [0.1, 0.15) is 31.2 Å². The van der Waals surface area contributed by atoms with Crippen LogP contribution in [0.25, 0.3) is 0 Å². The van der Waals surface area contributed by atoms with Crippen LogP contribution in [0.4, 0.5) is 0 Å². The Balaban J connectivity index is 1.46. The van der Waals surface area contributed by atoms with Crippen LogP contribution in [-0.4, -0.2) is 25.1 Å². The van der Waals surface area contributed by atoms with Crippen LogP contribution >= 0.6 is 0 Å². The first-order valence-corrected chi connectivity index (χ1v) is 6.94. The Morgan fingerprint density at radius 1 is 1.05 bits per heavy atom. The molecule has 1 aromatic carbocycles. The summed E-state index contributed by atoms with van der Waals surface area (Å²) in [4.78, 5) is 10.9. The molecule has 2 aliphatic rings. The Morgan fingerprint density at radius 2 is 1.68 bits per heavy atom. The molecule has 1 aliphatic heterocycles. The predicted molar refractivity (Wildman–Crippen MR) is 69.8 cm³/mol. The predicted octanol–water partition coefficient (Wildman–Crippen LogP) is 2.99. The number of hydrogen-bond acceptors (Lipinski definition) is 4. The third-order valence-electron chi connectivity index (χ3n) is 3.81. The first-order chi connectivity index (χ1) is 9.26. The van der Waals surface area contributed by atoms with Crippen molar-refractivity contribution in [3.8, 4) is 5.75 Å². The Hall–Kier alpha value is -1.10. The van der Waals surface area contributed by atoms with Gasteiger partial charge in [0, 0.05) is 12.8 Å². The van der Waals surface area contributed by atoms with E-state index in [1.54, 1.807) is 0 Å². The van der Waals surface area contributed by atoms with Gasteiger partial charge >= 0.3 is 0 Å². The first-order valence-electron chi connectivity index (χ1n) is 6.94. The normalized spacial score (nSPS) is 22.8. The van der Waals surface area contributed by atoms with Crippen LogP contribution in [0.3, 0.4) is 0 Å². The lowest BCUT2D eigenvalue weighted by atomic mass is 9.92. The van der Waals surface area contributed by atoms with Gasteiger partial charge in [-0.05, 0) is 31.9 Å². The van der Waals surface area contributed by atoms with Gasteiger partial charge < -0.3 is 14.4 Å². The molecule has 3 rings (SSSR count). The lowest BCUT2D eigenvalue weighted by Gasteiger charge is -2.34. The van der Waals surface area contributed by atoms with E-state index in [0.717, 1.165) is 31.4 Å². The molecule has 2 fully saturated rings. The maximum Gasteiger partial charge on any atom is 0.168 e. The third kappa shape index (κ3) is 3.08. The molecule has 0 amide bonds. The largest absolute Gasteiger partial charge is 0.348 e. The van der Waals surface area contributed by atoms with E-state index in [0.29, 0.717) is 13.2 Å². The van der Waals surface area contributed by atoms with Gasteiger partial charge in [0.05, 0.1) is 13.2 Å². The summed E-state index contributed by atoms with van der Waals surface area (Å²) in [5, 5.41) is 0. The highest BCUT2D eigenvalue weighted by Gasteiger charge is 2.41. The fourth-order valence-electron chi connectivity index (χ4n) is 2.63. The van der Waals surface area contributed by atoms with Gasteiger partial charge in [-0.15, -0.1) is 0 Å². The third-order valence-corrected chi connectivity index (χ3v) is 3.81. The number of aryl methyl sites for hydroxylation is 1. The van der Waals surface area contributed by atoms with Crippen molar-refractivity contribution in [3.63, 3.8) is 0 Å². The van der Waals surface area contributed by atoms with E-state index >= 15 is 0 Å². The minimum atomic E-state index is -0.330. The van der Waals surface area contributed by atoms with E-state index in [9.17, 15) is 0 Å². The molecular weight excluding hydrogens is 244 g/mol. The van der Waals surface area contributed by atoms with Crippen LogP contribution in [0.5, 0.6) is 5.75 Å². The van der Waals surface area contributed by atoms with Gasteiger partial charge in [0.1, 0.15) is 6.10 Å². The van der Waals surface area contributed by atoms with Gasteiger partial charge in [0.15, 0.2) is 11.5 Å². The molecule has 4 heteroatoms. The average Bonchev–Trinajstić information content (AvgIpc) is 2.89. The van der Waals surface area contributed by atoms with E-state index in [-0.39, 0.29) is 11.9 Å². The summed E-state index contributed by atoms with van der Waals surface area (Å²) in [5.41, 5.74) is 1.21. The second-order valence-corrected chi connectivity index (χ2v) is 5.30. The van der Waals surface area contributed by atoms with Crippen molar-refractivity contribution in [2.24, 2.45) is 0 Å². The van der Waals surface area contributed by atoms with Crippen LogP contribution in [0.15, 0.2) is 24.3 Å². The van der Waals surface area contributed by atoms with Gasteiger partial charge in [-0.25, -0.2) is 0 Å². The second-order valence-electron chi connectivity index (χ2n) is 5.30. The van der Waals surface area contributed by atoms with Crippen molar-refractivity contribution in [2.45, 2.75) is 44.5 Å². The first kappa shape index (κ1) is 12.9. The molecule has 1 saturated carbocycles. The van der Waals surface area contributed by atoms with Crippen molar-refractivity contribution in [2.75, 3.05) is 13.2 Å². The molecule has 1 heterocycles. The topological polar surface area (TPSA) is 36.9 Å². The monoisotopic (exact) mass is 264 g/mol. The Morgan fingerprint density at radius 3 is 2.32 bits per heavy atom. The zero-order chi connectivity index (χ0) is 13.1. The standard InChI is InChI=1S/C15H20O4/c1-12-2-4-13(5-3-12)18-19-14-6-8-15(9-7-14)16-10-11-17-15/h2-5,14H,6-11H2,1H3. The van der Waals surface area contributed by atoms with Crippen molar-refractivity contribution in [1.29, 1.82) is 0 Å². The van der Waals surface area contributed by atoms with Gasteiger partial charge in [0.25, 0.3) is 0 Å². The highest BCUT2D eigenvalue weighted by atomic mass is 17.2. The molecule has 4 nitrogen and oxygen atoms in total. The summed E-state index contributed by atoms with van der Waals surface area (Å²) >= 11 is 0. The minimum Gasteiger partial charge on any atom is -0.348 e. The van der Waals surface area contributed by atoms with E-state index < -0.39 is 0 Å². The van der Waals surface area contributed by atoms with E-state index in [1.165, 1.54) is 5.56 Å². The lowest BCUT2D eigenvalue weighted by molar-refractivity contribution is -0.272. The van der Waals surface area contributed by atoms with Gasteiger partial charge in [0.2, 0.25) is 0 Å². The summed E-state index contributed by atoms with van der Waals surface area (Å²) in [6, 6.07) is 7.86. The SMILES string of the molecule is Cc1ccc(OOC2CCC3(CC2)OCCO3)cc1. The zero-order valence-electron chi connectivity index (χ0n) is 11.3. The average molecular weight is 264 g/mol. The Labute approximate surface area is 113 Å². The molecule has 0 bridgehead atoms. The highest BCUT2D eigenvalue weighted by Crippen LogP contribution is 2.36. The lowest BCUT2D eigenvalue weighted by Crippen LogP contribution is -2.37. The maximum absolute atomic E-state index is 5.69. The summed E-state index contributed by atoms with van der Waals surface area (Å²) in [6.07, 6.45) is 3.71. The maximum atomic E-state index is 5.69. The number of hydrogen-bond donors (Lipinski definition) is 0. The fourth-order valence-corrected chi connectivity index (χ4v) is 2.63. The molecule has 104 valence electrons. The molecular formula is C15H20O4. The molecule has 0 N–H and O–H groups in total. The van der Waals surface area contributed by atoms with E-state index in [4.69, 9.17) is 19.2 Å². The summed E-state index contributed by atoms with van der Waals surface area (Å²) in [5.74, 6) is 0.420. The fraction of sp³-hybridized carbons (Fsp3) is 0.600. The molecule has 1 saturated heterocycles. The molecule has 0 unspecified atom stereocenters. The van der Waals surface area contributed by atoms with Crippen molar-refractivity contribution in [1.82, 2.24) is 0 Å². The molecule has 19 heavy (non-hydrogen) atoms. The van der Waals surface area contributed by atoms with Crippen molar-refractivity contribution >= 4 is 0 Å².